The first-order valence-corrected chi connectivity index (χ1v) is 6.59. The molecule has 1 saturated heterocycles. The van der Waals surface area contributed by atoms with Crippen LogP contribution in [0.3, 0.4) is 0 Å². The van der Waals surface area contributed by atoms with Crippen molar-refractivity contribution in [2.45, 2.75) is 45.4 Å². The number of halogens is 1. The summed E-state index contributed by atoms with van der Waals surface area (Å²) < 4.78 is 19.0. The minimum atomic E-state index is -0.286. The van der Waals surface area contributed by atoms with E-state index < -0.39 is 0 Å². The van der Waals surface area contributed by atoms with Gasteiger partial charge in [0.2, 0.25) is 5.91 Å². The van der Waals surface area contributed by atoms with Crippen LogP contribution in [-0.2, 0) is 16.0 Å². The normalized spacial score (nSPS) is 21.7. The second-order valence-electron chi connectivity index (χ2n) is 5.58. The Morgan fingerprint density at radius 2 is 2.16 bits per heavy atom. The number of nitrogens with zero attached hydrogens (tertiary/aromatic N) is 1. The van der Waals surface area contributed by atoms with Crippen molar-refractivity contribution >= 4 is 5.91 Å². The Bertz CT molecular complexity index is 473. The Morgan fingerprint density at radius 3 is 2.74 bits per heavy atom. The molecule has 1 aromatic rings. The van der Waals surface area contributed by atoms with Crippen LogP contribution in [0.5, 0.6) is 0 Å². The van der Waals surface area contributed by atoms with Gasteiger partial charge in [0.15, 0.2) is 0 Å². The first-order chi connectivity index (χ1) is 8.92. The molecule has 19 heavy (non-hydrogen) atoms. The third-order valence-corrected chi connectivity index (χ3v) is 3.53. The number of amides is 1. The van der Waals surface area contributed by atoms with E-state index in [1.165, 1.54) is 6.07 Å². The van der Waals surface area contributed by atoms with Crippen LogP contribution < -0.4 is 0 Å². The highest BCUT2D eigenvalue weighted by atomic mass is 19.1. The van der Waals surface area contributed by atoms with E-state index in [0.29, 0.717) is 25.0 Å². The number of benzene rings is 1. The highest BCUT2D eigenvalue weighted by Crippen LogP contribution is 2.27. The van der Waals surface area contributed by atoms with Gasteiger partial charge in [0.25, 0.3) is 0 Å². The summed E-state index contributed by atoms with van der Waals surface area (Å²) >= 11 is 0. The zero-order chi connectivity index (χ0) is 14.0. The van der Waals surface area contributed by atoms with Gasteiger partial charge in [-0.2, -0.15) is 0 Å². The van der Waals surface area contributed by atoms with E-state index in [-0.39, 0.29) is 23.5 Å². The van der Waals surface area contributed by atoms with Gasteiger partial charge in [-0.3, -0.25) is 4.79 Å². The topological polar surface area (TPSA) is 29.5 Å². The molecule has 1 aliphatic heterocycles. The lowest BCUT2D eigenvalue weighted by Crippen LogP contribution is -2.47. The SMILES string of the molecule is CC1OCC(C)(C)N1C(=O)CCc1ccccc1F. The van der Waals surface area contributed by atoms with Crippen LogP contribution in [0, 0.1) is 5.82 Å². The van der Waals surface area contributed by atoms with Gasteiger partial charge in [0, 0.05) is 6.42 Å². The molecule has 1 heterocycles. The third kappa shape index (κ3) is 2.95. The number of ether oxygens (including phenoxy) is 1. The fourth-order valence-corrected chi connectivity index (χ4v) is 2.56. The van der Waals surface area contributed by atoms with E-state index in [0.717, 1.165) is 0 Å². The molecule has 4 heteroatoms. The molecule has 0 saturated carbocycles. The van der Waals surface area contributed by atoms with Crippen LogP contribution in [0.25, 0.3) is 0 Å². The molecule has 1 atom stereocenters. The van der Waals surface area contributed by atoms with Crippen LogP contribution in [-0.4, -0.2) is 29.2 Å². The molecule has 0 N–H and O–H groups in total. The van der Waals surface area contributed by atoms with Crippen LogP contribution >= 0.6 is 0 Å². The van der Waals surface area contributed by atoms with Crippen molar-refractivity contribution < 1.29 is 13.9 Å². The molecular formula is C15H20FNO2. The number of carbonyl (C=O) groups is 1. The summed E-state index contributed by atoms with van der Waals surface area (Å²) in [5, 5.41) is 0. The first kappa shape index (κ1) is 14.0. The van der Waals surface area contributed by atoms with Crippen molar-refractivity contribution in [1.29, 1.82) is 0 Å². The summed E-state index contributed by atoms with van der Waals surface area (Å²) in [6, 6.07) is 6.58. The maximum absolute atomic E-state index is 13.5. The Kier molecular flexibility index (Phi) is 3.90. The van der Waals surface area contributed by atoms with Crippen LogP contribution in [0.4, 0.5) is 4.39 Å². The van der Waals surface area contributed by atoms with Crippen LogP contribution in [0.2, 0.25) is 0 Å². The van der Waals surface area contributed by atoms with Gasteiger partial charge in [-0.15, -0.1) is 0 Å². The number of hydrogen-bond donors (Lipinski definition) is 0. The van der Waals surface area contributed by atoms with Gasteiger partial charge >= 0.3 is 0 Å². The Hall–Kier alpha value is -1.42. The number of aryl methyl sites for hydroxylation is 1. The average molecular weight is 265 g/mol. The average Bonchev–Trinajstić information content (AvgIpc) is 2.62. The Labute approximate surface area is 113 Å². The lowest BCUT2D eigenvalue weighted by Gasteiger charge is -2.32. The lowest BCUT2D eigenvalue weighted by molar-refractivity contribution is -0.139. The van der Waals surface area contributed by atoms with Gasteiger partial charge < -0.3 is 9.64 Å². The Balaban J connectivity index is 2.00. The third-order valence-electron chi connectivity index (χ3n) is 3.53. The van der Waals surface area contributed by atoms with Crippen molar-refractivity contribution in [1.82, 2.24) is 4.90 Å². The minimum Gasteiger partial charge on any atom is -0.356 e. The zero-order valence-electron chi connectivity index (χ0n) is 11.6. The van der Waals surface area contributed by atoms with Crippen molar-refractivity contribution in [2.24, 2.45) is 0 Å². The first-order valence-electron chi connectivity index (χ1n) is 6.59. The van der Waals surface area contributed by atoms with E-state index in [1.54, 1.807) is 23.1 Å². The van der Waals surface area contributed by atoms with Gasteiger partial charge in [-0.25, -0.2) is 4.39 Å². The molecule has 3 nitrogen and oxygen atoms in total. The summed E-state index contributed by atoms with van der Waals surface area (Å²) in [5.74, 6) is -0.237. The zero-order valence-corrected chi connectivity index (χ0v) is 11.6. The molecule has 2 rings (SSSR count). The Morgan fingerprint density at radius 1 is 1.47 bits per heavy atom. The summed E-state index contributed by atoms with van der Waals surface area (Å²) in [6.45, 7) is 6.38. The van der Waals surface area contributed by atoms with Crippen LogP contribution in [0.15, 0.2) is 24.3 Å². The molecule has 0 radical (unpaired) electrons. The maximum atomic E-state index is 13.5. The summed E-state index contributed by atoms with van der Waals surface area (Å²) in [6.07, 6.45) is 0.520. The van der Waals surface area contributed by atoms with E-state index >= 15 is 0 Å². The number of hydrogen-bond acceptors (Lipinski definition) is 2. The second kappa shape index (κ2) is 5.29. The van der Waals surface area contributed by atoms with E-state index in [9.17, 15) is 9.18 Å². The minimum absolute atomic E-state index is 0.0123. The molecule has 1 amide bonds. The largest absolute Gasteiger partial charge is 0.356 e. The van der Waals surface area contributed by atoms with Crippen molar-refractivity contribution in [3.63, 3.8) is 0 Å². The molecule has 0 spiro atoms. The molecule has 1 aromatic carbocycles. The predicted octanol–water partition coefficient (Wildman–Crippen LogP) is 2.74. The van der Waals surface area contributed by atoms with Crippen molar-refractivity contribution in [3.8, 4) is 0 Å². The molecule has 1 unspecified atom stereocenters. The van der Waals surface area contributed by atoms with Crippen molar-refractivity contribution in [2.75, 3.05) is 6.61 Å². The summed E-state index contributed by atoms with van der Waals surface area (Å²) in [4.78, 5) is 14.0. The van der Waals surface area contributed by atoms with Gasteiger partial charge in [-0.05, 0) is 38.8 Å². The van der Waals surface area contributed by atoms with Crippen LogP contribution in [0.1, 0.15) is 32.8 Å². The molecule has 0 aliphatic carbocycles. The molecule has 104 valence electrons. The van der Waals surface area contributed by atoms with E-state index in [1.807, 2.05) is 20.8 Å². The monoisotopic (exact) mass is 265 g/mol. The number of carbonyl (C=O) groups excluding carboxylic acids is 1. The second-order valence-corrected chi connectivity index (χ2v) is 5.58. The fraction of sp³-hybridized carbons (Fsp3) is 0.533. The highest BCUT2D eigenvalue weighted by molar-refractivity contribution is 5.77. The number of rotatable bonds is 3. The summed E-state index contributed by atoms with van der Waals surface area (Å²) in [5.41, 5.74) is 0.299. The predicted molar refractivity (Wildman–Crippen MR) is 71.1 cm³/mol. The molecule has 0 bridgehead atoms. The maximum Gasteiger partial charge on any atom is 0.225 e. The smallest absolute Gasteiger partial charge is 0.225 e. The van der Waals surface area contributed by atoms with E-state index in [2.05, 4.69) is 0 Å². The summed E-state index contributed by atoms with van der Waals surface area (Å²) in [7, 11) is 0. The fourth-order valence-electron chi connectivity index (χ4n) is 2.56. The quantitative estimate of drug-likeness (QED) is 0.841. The molecular weight excluding hydrogens is 245 g/mol. The van der Waals surface area contributed by atoms with E-state index in [4.69, 9.17) is 4.74 Å². The standard InChI is InChI=1S/C15H20FNO2/c1-11-17(15(2,3)10-19-11)14(18)9-8-12-6-4-5-7-13(12)16/h4-7,11H,8-10H2,1-3H3. The highest BCUT2D eigenvalue weighted by Gasteiger charge is 2.40. The lowest BCUT2D eigenvalue weighted by atomic mass is 10.0. The van der Waals surface area contributed by atoms with Gasteiger partial charge in [0.1, 0.15) is 12.0 Å². The van der Waals surface area contributed by atoms with Crippen molar-refractivity contribution in [3.05, 3.63) is 35.6 Å². The van der Waals surface area contributed by atoms with Gasteiger partial charge in [-0.1, -0.05) is 18.2 Å². The molecule has 1 aliphatic rings. The van der Waals surface area contributed by atoms with Gasteiger partial charge in [0.05, 0.1) is 12.1 Å². The molecule has 0 aromatic heterocycles. The molecule has 1 fully saturated rings.